The van der Waals surface area contributed by atoms with Crippen LogP contribution in [0.25, 0.3) is 0 Å². The molecule has 0 N–H and O–H groups in total. The fourth-order valence-corrected chi connectivity index (χ4v) is 2.08. The van der Waals surface area contributed by atoms with Crippen LogP contribution in [0.2, 0.25) is 5.15 Å². The number of pyridine rings is 1. The molecule has 0 saturated heterocycles. The first-order valence-corrected chi connectivity index (χ1v) is 7.39. The molecule has 0 spiro atoms. The Bertz CT molecular complexity index is 593. The second kappa shape index (κ2) is 6.39. The average molecular weight is 305 g/mol. The number of hydrogen-bond acceptors (Lipinski definition) is 4. The van der Waals surface area contributed by atoms with Crippen LogP contribution >= 0.6 is 11.6 Å². The Morgan fingerprint density at radius 1 is 1.14 bits per heavy atom. The van der Waals surface area contributed by atoms with E-state index in [1.807, 2.05) is 37.6 Å². The van der Waals surface area contributed by atoms with E-state index < -0.39 is 0 Å². The molecule has 112 valence electrons. The highest BCUT2D eigenvalue weighted by Gasteiger charge is 2.19. The van der Waals surface area contributed by atoms with Crippen molar-refractivity contribution in [1.29, 1.82) is 0 Å². The largest absolute Gasteiger partial charge is 0.359 e. The van der Waals surface area contributed by atoms with Crippen molar-refractivity contribution >= 4 is 17.4 Å². The van der Waals surface area contributed by atoms with E-state index in [-0.39, 0.29) is 5.41 Å². The predicted octanol–water partition coefficient (Wildman–Crippen LogP) is 3.50. The Morgan fingerprint density at radius 3 is 2.43 bits per heavy atom. The highest BCUT2D eigenvalue weighted by Crippen LogP contribution is 2.23. The lowest BCUT2D eigenvalue weighted by Crippen LogP contribution is -2.24. The smallest absolute Gasteiger partial charge is 0.137 e. The first-order valence-electron chi connectivity index (χ1n) is 7.01. The van der Waals surface area contributed by atoms with Crippen molar-refractivity contribution in [2.24, 2.45) is 0 Å². The minimum absolute atomic E-state index is 0.119. The van der Waals surface area contributed by atoms with Gasteiger partial charge >= 0.3 is 0 Å². The molecule has 2 heterocycles. The predicted molar refractivity (Wildman–Crippen MR) is 87.0 cm³/mol. The number of anilines is 1. The summed E-state index contributed by atoms with van der Waals surface area (Å²) in [6, 6.07) is 5.87. The highest BCUT2D eigenvalue weighted by atomic mass is 35.5. The molecule has 0 aliphatic rings. The van der Waals surface area contributed by atoms with Crippen molar-refractivity contribution in [3.63, 3.8) is 0 Å². The van der Waals surface area contributed by atoms with Gasteiger partial charge in [-0.2, -0.15) is 0 Å². The van der Waals surface area contributed by atoms with Crippen LogP contribution in [0, 0.1) is 0 Å². The van der Waals surface area contributed by atoms with Crippen LogP contribution in [-0.2, 0) is 11.8 Å². The van der Waals surface area contributed by atoms with Crippen LogP contribution in [-0.4, -0.2) is 28.5 Å². The van der Waals surface area contributed by atoms with Gasteiger partial charge in [-0.05, 0) is 24.1 Å². The molecule has 2 rings (SSSR count). The molecule has 0 amide bonds. The van der Waals surface area contributed by atoms with Crippen molar-refractivity contribution in [3.8, 4) is 0 Å². The van der Waals surface area contributed by atoms with Gasteiger partial charge in [0.2, 0.25) is 0 Å². The van der Waals surface area contributed by atoms with Gasteiger partial charge in [-0.3, -0.25) is 4.98 Å². The monoisotopic (exact) mass is 304 g/mol. The Hall–Kier alpha value is -1.68. The molecular formula is C16H21ClN4. The maximum atomic E-state index is 6.13. The van der Waals surface area contributed by atoms with Gasteiger partial charge in [0.25, 0.3) is 0 Å². The third-order valence-corrected chi connectivity index (χ3v) is 3.42. The lowest BCUT2D eigenvalue weighted by Gasteiger charge is -2.22. The molecule has 0 bridgehead atoms. The Balaban J connectivity index is 2.12. The summed E-state index contributed by atoms with van der Waals surface area (Å²) in [7, 11) is 2.02. The molecule has 0 unspecified atom stereocenters. The van der Waals surface area contributed by atoms with Gasteiger partial charge in [0.05, 0.1) is 0 Å². The summed E-state index contributed by atoms with van der Waals surface area (Å²) in [6.45, 7) is 7.11. The van der Waals surface area contributed by atoms with E-state index in [1.54, 1.807) is 0 Å². The maximum Gasteiger partial charge on any atom is 0.137 e. The minimum Gasteiger partial charge on any atom is -0.359 e. The zero-order chi connectivity index (χ0) is 15.5. The van der Waals surface area contributed by atoms with Crippen LogP contribution < -0.4 is 4.90 Å². The zero-order valence-electron chi connectivity index (χ0n) is 13.0. The SMILES string of the molecule is CN(CCc1ccncc1)c1cc(Cl)nc(C(C)(C)C)n1. The quantitative estimate of drug-likeness (QED) is 0.811. The second-order valence-corrected chi connectivity index (χ2v) is 6.54. The summed E-state index contributed by atoms with van der Waals surface area (Å²) in [6.07, 6.45) is 4.56. The lowest BCUT2D eigenvalue weighted by molar-refractivity contribution is 0.544. The molecule has 5 heteroatoms. The number of likely N-dealkylation sites (N-methyl/N-ethyl adjacent to an activating group) is 1. The van der Waals surface area contributed by atoms with Crippen molar-refractivity contribution in [1.82, 2.24) is 15.0 Å². The van der Waals surface area contributed by atoms with Gasteiger partial charge < -0.3 is 4.90 Å². The molecule has 0 radical (unpaired) electrons. The number of aromatic nitrogens is 3. The molecule has 0 aliphatic carbocycles. The summed E-state index contributed by atoms with van der Waals surface area (Å²) in [5.74, 6) is 1.62. The first-order chi connectivity index (χ1) is 9.86. The van der Waals surface area contributed by atoms with Gasteiger partial charge in [0, 0.05) is 37.5 Å². The highest BCUT2D eigenvalue weighted by molar-refractivity contribution is 6.29. The van der Waals surface area contributed by atoms with Crippen molar-refractivity contribution in [2.45, 2.75) is 32.6 Å². The van der Waals surface area contributed by atoms with Gasteiger partial charge in [0.15, 0.2) is 0 Å². The van der Waals surface area contributed by atoms with Crippen molar-refractivity contribution in [2.75, 3.05) is 18.5 Å². The van der Waals surface area contributed by atoms with Gasteiger partial charge in [-0.1, -0.05) is 32.4 Å². The van der Waals surface area contributed by atoms with E-state index in [0.29, 0.717) is 5.15 Å². The van der Waals surface area contributed by atoms with Crippen LogP contribution in [0.5, 0.6) is 0 Å². The number of nitrogens with zero attached hydrogens (tertiary/aromatic N) is 4. The van der Waals surface area contributed by atoms with Gasteiger partial charge in [-0.25, -0.2) is 9.97 Å². The summed E-state index contributed by atoms with van der Waals surface area (Å²) in [5, 5.41) is 0.487. The molecule has 0 saturated carbocycles. The molecule has 0 aromatic carbocycles. The molecule has 2 aromatic rings. The van der Waals surface area contributed by atoms with E-state index in [2.05, 4.69) is 40.6 Å². The second-order valence-electron chi connectivity index (χ2n) is 6.15. The number of rotatable bonds is 4. The van der Waals surface area contributed by atoms with E-state index in [0.717, 1.165) is 24.6 Å². The minimum atomic E-state index is -0.119. The third-order valence-electron chi connectivity index (χ3n) is 3.23. The lowest BCUT2D eigenvalue weighted by atomic mass is 9.96. The summed E-state index contributed by atoms with van der Waals surface area (Å²) >= 11 is 6.13. The summed E-state index contributed by atoms with van der Waals surface area (Å²) in [5.41, 5.74) is 1.14. The number of hydrogen-bond donors (Lipinski definition) is 0. The Kier molecular flexibility index (Phi) is 4.78. The Morgan fingerprint density at radius 2 is 1.81 bits per heavy atom. The number of halogens is 1. The van der Waals surface area contributed by atoms with Crippen molar-refractivity contribution < 1.29 is 0 Å². The van der Waals surface area contributed by atoms with E-state index in [1.165, 1.54) is 5.56 Å². The molecule has 0 aliphatic heterocycles. The standard InChI is InChI=1S/C16H21ClN4/c1-16(2,3)15-19-13(17)11-14(20-15)21(4)10-7-12-5-8-18-9-6-12/h5-6,8-9,11H,7,10H2,1-4H3. The normalized spacial score (nSPS) is 11.5. The van der Waals surface area contributed by atoms with E-state index in [9.17, 15) is 0 Å². The molecule has 4 nitrogen and oxygen atoms in total. The van der Waals surface area contributed by atoms with Gasteiger partial charge in [0.1, 0.15) is 16.8 Å². The Labute approximate surface area is 131 Å². The fourth-order valence-electron chi connectivity index (χ4n) is 1.90. The third kappa shape index (κ3) is 4.39. The average Bonchev–Trinajstić information content (AvgIpc) is 2.44. The molecule has 21 heavy (non-hydrogen) atoms. The van der Waals surface area contributed by atoms with Crippen LogP contribution in [0.4, 0.5) is 5.82 Å². The summed E-state index contributed by atoms with van der Waals surface area (Å²) in [4.78, 5) is 15.1. The van der Waals surface area contributed by atoms with Crippen molar-refractivity contribution in [3.05, 3.63) is 47.1 Å². The van der Waals surface area contributed by atoms with Gasteiger partial charge in [-0.15, -0.1) is 0 Å². The summed E-state index contributed by atoms with van der Waals surface area (Å²) < 4.78 is 0. The van der Waals surface area contributed by atoms with Crippen LogP contribution in [0.3, 0.4) is 0 Å². The fraction of sp³-hybridized carbons (Fsp3) is 0.438. The maximum absolute atomic E-state index is 6.13. The molecule has 0 fully saturated rings. The molecule has 0 atom stereocenters. The van der Waals surface area contributed by atoms with Crippen LogP contribution in [0.15, 0.2) is 30.6 Å². The molecule has 2 aromatic heterocycles. The topological polar surface area (TPSA) is 41.9 Å². The zero-order valence-corrected chi connectivity index (χ0v) is 13.7. The van der Waals surface area contributed by atoms with Crippen LogP contribution in [0.1, 0.15) is 32.2 Å². The molecular weight excluding hydrogens is 284 g/mol. The van der Waals surface area contributed by atoms with E-state index >= 15 is 0 Å². The first kappa shape index (κ1) is 15.7. The van der Waals surface area contributed by atoms with E-state index in [4.69, 9.17) is 11.6 Å².